The quantitative estimate of drug-likeness (QED) is 0.299. The second kappa shape index (κ2) is 5.50. The highest BCUT2D eigenvalue weighted by molar-refractivity contribution is 7.16. The lowest BCUT2D eigenvalue weighted by molar-refractivity contribution is -0.822. The molecule has 0 saturated heterocycles. The van der Waals surface area contributed by atoms with Gasteiger partial charge in [0.05, 0.1) is 16.0 Å². The zero-order chi connectivity index (χ0) is 12.8. The van der Waals surface area contributed by atoms with E-state index in [-0.39, 0.29) is 5.00 Å². The summed E-state index contributed by atoms with van der Waals surface area (Å²) in [6, 6.07) is 2.81. The lowest BCUT2D eigenvalue weighted by Crippen LogP contribution is -2.36. The summed E-state index contributed by atoms with van der Waals surface area (Å²) >= 11 is 0.906. The normalized spacial score (nSPS) is 11.6. The van der Waals surface area contributed by atoms with Gasteiger partial charge in [-0.3, -0.25) is 10.1 Å². The Balaban J connectivity index is 2.64. The van der Waals surface area contributed by atoms with Crippen LogP contribution in [0.3, 0.4) is 0 Å². The highest BCUT2D eigenvalue weighted by atomic mass is 32.1. The lowest BCUT2D eigenvalue weighted by atomic mass is 10.5. The Morgan fingerprint density at radius 3 is 2.82 bits per heavy atom. The number of guanidine groups is 1. The number of nitrogens with two attached hydrogens (primary N) is 1. The summed E-state index contributed by atoms with van der Waals surface area (Å²) in [6.45, 7) is 0. The Labute approximate surface area is 97.7 Å². The van der Waals surface area contributed by atoms with Gasteiger partial charge in [-0.05, 0) is 11.5 Å². The molecule has 0 saturated carbocycles. The van der Waals surface area contributed by atoms with Crippen LogP contribution in [-0.4, -0.2) is 27.3 Å². The van der Waals surface area contributed by atoms with Crippen LogP contribution in [0.4, 0.5) is 5.00 Å². The highest BCUT2D eigenvalue weighted by Crippen LogP contribution is 2.22. The van der Waals surface area contributed by atoms with Gasteiger partial charge >= 0.3 is 10.0 Å². The summed E-state index contributed by atoms with van der Waals surface area (Å²) in [5.74, 6) is -0.426. The Morgan fingerprint density at radius 1 is 1.59 bits per heavy atom. The minimum atomic E-state index is -0.635. The first-order valence-electron chi connectivity index (χ1n) is 4.02. The monoisotopic (exact) mass is 259 g/mol. The first kappa shape index (κ1) is 12.5. The van der Waals surface area contributed by atoms with Crippen molar-refractivity contribution in [2.75, 3.05) is 0 Å². The second-order valence-corrected chi connectivity index (χ2v) is 3.64. The molecule has 10 nitrogen and oxygen atoms in total. The number of thiophene rings is 1. The van der Waals surface area contributed by atoms with Gasteiger partial charge in [-0.1, -0.05) is 11.3 Å². The van der Waals surface area contributed by atoms with E-state index in [1.807, 2.05) is 0 Å². The van der Waals surface area contributed by atoms with Crippen molar-refractivity contribution in [2.24, 2.45) is 15.9 Å². The molecule has 1 heterocycles. The summed E-state index contributed by atoms with van der Waals surface area (Å²) < 4.78 is 0. The van der Waals surface area contributed by atoms with Crippen molar-refractivity contribution in [3.63, 3.8) is 0 Å². The molecular weight excluding hydrogens is 252 g/mol. The smallest absolute Gasteiger partial charge is 0.362 e. The average molecular weight is 259 g/mol. The van der Waals surface area contributed by atoms with Crippen LogP contribution in [0.1, 0.15) is 4.88 Å². The van der Waals surface area contributed by atoms with E-state index < -0.39 is 15.9 Å². The molecule has 0 aliphatic carbocycles. The third-order valence-electron chi connectivity index (χ3n) is 1.35. The molecule has 90 valence electrons. The number of hydrogen-bond acceptors (Lipinski definition) is 6. The molecule has 0 amide bonds. The number of hydrogen-bond donors (Lipinski definition) is 3. The van der Waals surface area contributed by atoms with Gasteiger partial charge in [-0.25, -0.2) is 5.21 Å². The molecule has 0 radical (unpaired) electrons. The maximum atomic E-state index is 10.4. The average Bonchev–Trinajstić information content (AvgIpc) is 2.65. The van der Waals surface area contributed by atoms with Crippen LogP contribution >= 0.6 is 11.3 Å². The zero-order valence-corrected chi connectivity index (χ0v) is 8.99. The lowest BCUT2D eigenvalue weighted by Gasteiger charge is -1.86. The van der Waals surface area contributed by atoms with Crippen LogP contribution in [0, 0.1) is 15.0 Å². The predicted octanol–water partition coefficient (Wildman–Crippen LogP) is -0.0224. The molecule has 0 aliphatic rings. The van der Waals surface area contributed by atoms with E-state index in [1.54, 1.807) is 5.43 Å². The van der Waals surface area contributed by atoms with Crippen molar-refractivity contribution < 1.29 is 15.2 Å². The van der Waals surface area contributed by atoms with Crippen LogP contribution in [-0.2, 0) is 0 Å². The van der Waals surface area contributed by atoms with Gasteiger partial charge in [-0.2, -0.15) is 5.10 Å². The Morgan fingerprint density at radius 2 is 2.29 bits per heavy atom. The number of nitrogens with one attached hydrogen (secondary N) is 1. The molecular formula is C6H7N6O4S+. The topological polar surface area (TPSA) is 146 Å². The van der Waals surface area contributed by atoms with E-state index in [0.29, 0.717) is 4.88 Å². The third kappa shape index (κ3) is 4.21. The summed E-state index contributed by atoms with van der Waals surface area (Å²) in [6.07, 6.45) is 1.22. The van der Waals surface area contributed by atoms with Gasteiger partial charge in [0.25, 0.3) is 5.96 Å². The Hall–Kier alpha value is -2.56. The van der Waals surface area contributed by atoms with Crippen molar-refractivity contribution in [3.8, 4) is 0 Å². The maximum Gasteiger partial charge on any atom is 0.362 e. The summed E-state index contributed by atoms with van der Waals surface area (Å²) in [7, 11) is 0. The molecule has 11 heteroatoms. The minimum Gasteiger partial charge on any atom is -0.364 e. The first-order valence-corrected chi connectivity index (χ1v) is 4.84. The zero-order valence-electron chi connectivity index (χ0n) is 8.18. The molecule has 0 spiro atoms. The van der Waals surface area contributed by atoms with Crippen LogP contribution in [0.2, 0.25) is 0 Å². The van der Waals surface area contributed by atoms with Crippen molar-refractivity contribution >= 4 is 28.5 Å². The number of nitro groups is 1. The summed E-state index contributed by atoms with van der Waals surface area (Å²) in [4.78, 5) is 20.4. The standard InChI is InChI=1S/C6H7N6O4S/c7-6(10-12(15)16)9-8-3-4-1-2-5(17-4)11(13)14/h1-3H,(H,15,16)(H3,7,9,10)/q+1/b8-3+. The largest absolute Gasteiger partial charge is 0.364 e. The van der Waals surface area contributed by atoms with Crippen LogP contribution in [0.25, 0.3) is 0 Å². The molecule has 0 fully saturated rings. The molecule has 0 bridgehead atoms. The fraction of sp³-hybridized carbons (Fsp3) is 0. The predicted molar refractivity (Wildman–Crippen MR) is 58.7 cm³/mol. The minimum absolute atomic E-state index is 0.0254. The van der Waals surface area contributed by atoms with E-state index in [2.05, 4.69) is 10.2 Å². The van der Waals surface area contributed by atoms with Crippen LogP contribution in [0.5, 0.6) is 0 Å². The van der Waals surface area contributed by atoms with Gasteiger partial charge in [0.15, 0.2) is 0 Å². The molecule has 4 N–H and O–H groups in total. The maximum absolute atomic E-state index is 10.4. The van der Waals surface area contributed by atoms with Crippen molar-refractivity contribution in [3.05, 3.63) is 32.0 Å². The number of rotatable bonds is 4. The van der Waals surface area contributed by atoms with E-state index in [1.165, 1.54) is 18.3 Å². The molecule has 17 heavy (non-hydrogen) atoms. The van der Waals surface area contributed by atoms with Crippen LogP contribution < -0.4 is 11.2 Å². The highest BCUT2D eigenvalue weighted by Gasteiger charge is 2.08. The molecule has 1 aromatic rings. The van der Waals surface area contributed by atoms with Crippen LogP contribution in [0.15, 0.2) is 22.3 Å². The van der Waals surface area contributed by atoms with E-state index in [0.717, 1.165) is 11.3 Å². The molecule has 0 aromatic carbocycles. The number of hydrazine groups is 1. The molecule has 1 rings (SSSR count). The van der Waals surface area contributed by atoms with Crippen molar-refractivity contribution in [1.82, 2.24) is 5.43 Å². The van der Waals surface area contributed by atoms with E-state index >= 15 is 0 Å². The number of nitrogens with zero attached hydrogens (tertiary/aromatic N) is 4. The van der Waals surface area contributed by atoms with Gasteiger partial charge in [0.1, 0.15) is 4.91 Å². The van der Waals surface area contributed by atoms with Crippen molar-refractivity contribution in [2.45, 2.75) is 0 Å². The fourth-order valence-corrected chi connectivity index (χ4v) is 1.47. The summed E-state index contributed by atoms with van der Waals surface area (Å²) in [5.41, 5.74) is 6.81. The van der Waals surface area contributed by atoms with Crippen molar-refractivity contribution in [1.29, 1.82) is 0 Å². The molecule has 0 aliphatic heterocycles. The molecule has 0 atom stereocenters. The molecule has 1 aromatic heterocycles. The Kier molecular flexibility index (Phi) is 4.05. The SMILES string of the molecule is N/C(=N\N=C\c1ccc([N+](=O)[O-])s1)N[N+](=O)O. The van der Waals surface area contributed by atoms with Gasteiger partial charge in [0.2, 0.25) is 0 Å². The van der Waals surface area contributed by atoms with Gasteiger partial charge in [0, 0.05) is 6.07 Å². The van der Waals surface area contributed by atoms with E-state index in [9.17, 15) is 15.0 Å². The Bertz CT molecular complexity index is 494. The second-order valence-electron chi connectivity index (χ2n) is 2.55. The van der Waals surface area contributed by atoms with Gasteiger partial charge in [-0.15, -0.1) is 5.10 Å². The van der Waals surface area contributed by atoms with E-state index in [4.69, 9.17) is 10.9 Å². The molecule has 0 unspecified atom stereocenters. The van der Waals surface area contributed by atoms with Gasteiger partial charge < -0.3 is 5.73 Å². The first-order chi connectivity index (χ1) is 7.99. The third-order valence-corrected chi connectivity index (χ3v) is 2.32. The fourth-order valence-electron chi connectivity index (χ4n) is 0.778. The summed E-state index contributed by atoms with van der Waals surface area (Å²) in [5, 5.41) is 24.6.